The number of amides is 2. The summed E-state index contributed by atoms with van der Waals surface area (Å²) in [6, 6.07) is 5.43. The first kappa shape index (κ1) is 18.5. The highest BCUT2D eigenvalue weighted by atomic mass is 16.5. The lowest BCUT2D eigenvalue weighted by atomic mass is 9.72. The monoisotopic (exact) mass is 360 g/mol. The van der Waals surface area contributed by atoms with Crippen LogP contribution in [0.2, 0.25) is 0 Å². The number of carbonyl (C=O) groups is 2. The van der Waals surface area contributed by atoms with Crippen molar-refractivity contribution in [2.75, 3.05) is 20.3 Å². The van der Waals surface area contributed by atoms with Gasteiger partial charge in [0.05, 0.1) is 7.11 Å². The third kappa shape index (κ3) is 3.79. The molecule has 0 aromatic heterocycles. The van der Waals surface area contributed by atoms with Crippen LogP contribution in [0, 0.1) is 11.8 Å². The average Bonchev–Trinajstić information content (AvgIpc) is 2.66. The van der Waals surface area contributed by atoms with E-state index in [-0.39, 0.29) is 12.5 Å². The summed E-state index contributed by atoms with van der Waals surface area (Å²) in [5.41, 5.74) is 5.71. The number of rotatable bonds is 5. The number of piperidine rings is 1. The molecule has 1 saturated heterocycles. The number of benzene rings is 1. The van der Waals surface area contributed by atoms with Crippen molar-refractivity contribution in [1.29, 1.82) is 0 Å². The third-order valence-corrected chi connectivity index (χ3v) is 5.78. The molecule has 1 heterocycles. The summed E-state index contributed by atoms with van der Waals surface area (Å²) in [4.78, 5) is 26.1. The molecule has 2 aliphatic rings. The molecule has 0 spiro atoms. The number of likely N-dealkylation sites (tertiary alicyclic amines) is 1. The van der Waals surface area contributed by atoms with E-state index in [0.29, 0.717) is 34.9 Å². The zero-order valence-corrected chi connectivity index (χ0v) is 15.6. The van der Waals surface area contributed by atoms with Crippen molar-refractivity contribution in [3.8, 4) is 11.5 Å². The normalized spacial score (nSPS) is 25.3. The van der Waals surface area contributed by atoms with Crippen LogP contribution < -0.4 is 15.2 Å². The van der Waals surface area contributed by atoms with E-state index in [1.54, 1.807) is 18.2 Å². The molecule has 6 nitrogen and oxygen atoms in total. The Bertz CT molecular complexity index is 676. The number of hydrogen-bond acceptors (Lipinski definition) is 4. The second-order valence-corrected chi connectivity index (χ2v) is 7.40. The summed E-state index contributed by atoms with van der Waals surface area (Å²) in [6.45, 7) is 2.90. The van der Waals surface area contributed by atoms with Gasteiger partial charge >= 0.3 is 0 Å². The zero-order valence-electron chi connectivity index (χ0n) is 15.6. The van der Waals surface area contributed by atoms with Crippen molar-refractivity contribution in [2.24, 2.45) is 17.6 Å². The molecule has 142 valence electrons. The molecule has 0 radical (unpaired) electrons. The van der Waals surface area contributed by atoms with Gasteiger partial charge in [0.25, 0.3) is 11.8 Å². The Morgan fingerprint density at radius 3 is 2.69 bits per heavy atom. The maximum atomic E-state index is 13.2. The number of fused-ring (bicyclic) bond motifs is 1. The van der Waals surface area contributed by atoms with Crippen LogP contribution in [0.25, 0.3) is 0 Å². The van der Waals surface area contributed by atoms with E-state index in [2.05, 4.69) is 11.8 Å². The Morgan fingerprint density at radius 1 is 1.19 bits per heavy atom. The summed E-state index contributed by atoms with van der Waals surface area (Å²) < 4.78 is 10.7. The van der Waals surface area contributed by atoms with E-state index in [1.165, 1.54) is 26.4 Å². The summed E-state index contributed by atoms with van der Waals surface area (Å²) in [5, 5.41) is 0. The quantitative estimate of drug-likeness (QED) is 0.875. The van der Waals surface area contributed by atoms with Crippen LogP contribution in [0.4, 0.5) is 0 Å². The summed E-state index contributed by atoms with van der Waals surface area (Å²) in [5.74, 6) is 1.63. The first-order valence-corrected chi connectivity index (χ1v) is 9.41. The highest BCUT2D eigenvalue weighted by Gasteiger charge is 2.39. The maximum Gasteiger partial charge on any atom is 0.255 e. The van der Waals surface area contributed by atoms with Gasteiger partial charge in [0.15, 0.2) is 18.1 Å². The molecule has 1 aromatic carbocycles. The van der Waals surface area contributed by atoms with Crippen LogP contribution >= 0.6 is 0 Å². The third-order valence-electron chi connectivity index (χ3n) is 5.78. The minimum Gasteiger partial charge on any atom is -0.493 e. The second kappa shape index (κ2) is 7.98. The topological polar surface area (TPSA) is 81.9 Å². The van der Waals surface area contributed by atoms with Gasteiger partial charge in [-0.3, -0.25) is 9.59 Å². The van der Waals surface area contributed by atoms with Gasteiger partial charge < -0.3 is 20.1 Å². The first-order valence-electron chi connectivity index (χ1n) is 9.41. The van der Waals surface area contributed by atoms with Crippen molar-refractivity contribution in [1.82, 2.24) is 4.90 Å². The molecule has 0 bridgehead atoms. The highest BCUT2D eigenvalue weighted by Crippen LogP contribution is 2.39. The molecule has 26 heavy (non-hydrogen) atoms. The summed E-state index contributed by atoms with van der Waals surface area (Å²) >= 11 is 0. The Hall–Kier alpha value is -2.24. The number of hydrogen-bond donors (Lipinski definition) is 1. The fourth-order valence-electron chi connectivity index (χ4n) is 4.40. The van der Waals surface area contributed by atoms with E-state index >= 15 is 0 Å². The van der Waals surface area contributed by atoms with Crippen molar-refractivity contribution in [2.45, 2.75) is 45.1 Å². The predicted molar refractivity (Wildman–Crippen MR) is 98.2 cm³/mol. The zero-order chi connectivity index (χ0) is 18.7. The molecule has 3 unspecified atom stereocenters. The number of carbonyl (C=O) groups excluding carboxylic acids is 2. The van der Waals surface area contributed by atoms with E-state index < -0.39 is 5.91 Å². The Balaban J connectivity index is 1.79. The molecule has 3 rings (SSSR count). The molecule has 1 aliphatic carbocycles. The molecule has 2 fully saturated rings. The van der Waals surface area contributed by atoms with E-state index in [0.717, 1.165) is 19.4 Å². The fourth-order valence-corrected chi connectivity index (χ4v) is 4.40. The number of ether oxygens (including phenoxy) is 2. The number of primary amides is 1. The van der Waals surface area contributed by atoms with Gasteiger partial charge in [0.1, 0.15) is 0 Å². The van der Waals surface area contributed by atoms with Crippen molar-refractivity contribution >= 4 is 11.8 Å². The summed E-state index contributed by atoms with van der Waals surface area (Å²) in [7, 11) is 1.51. The van der Waals surface area contributed by atoms with Crippen LogP contribution in [0.3, 0.4) is 0 Å². The Kier molecular flexibility index (Phi) is 5.69. The standard InChI is InChI=1S/C20H28N2O4/c1-13-9-10-22(16-6-4-3-5-15(13)16)20(24)14-7-8-17(18(11-14)25-2)26-12-19(21)23/h7-8,11,13,15-16H,3-6,9-10,12H2,1-2H3,(H2,21,23). The molecular weight excluding hydrogens is 332 g/mol. The number of nitrogens with two attached hydrogens (primary N) is 1. The number of nitrogens with zero attached hydrogens (tertiary/aromatic N) is 1. The molecule has 3 atom stereocenters. The SMILES string of the molecule is COc1cc(C(=O)N2CCC(C)C3CCCCC32)ccc1OCC(N)=O. The first-order chi connectivity index (χ1) is 12.5. The lowest BCUT2D eigenvalue weighted by Gasteiger charge is -2.47. The van der Waals surface area contributed by atoms with Gasteiger partial charge in [0.2, 0.25) is 0 Å². The minimum absolute atomic E-state index is 0.0496. The Morgan fingerprint density at radius 2 is 1.96 bits per heavy atom. The van der Waals surface area contributed by atoms with Gasteiger partial charge in [-0.2, -0.15) is 0 Å². The molecule has 1 aromatic rings. The van der Waals surface area contributed by atoms with Gasteiger partial charge in [-0.05, 0) is 49.3 Å². The van der Waals surface area contributed by atoms with Crippen LogP contribution in [0.1, 0.15) is 49.4 Å². The molecule has 1 aliphatic heterocycles. The number of methoxy groups -OCH3 is 1. The van der Waals surface area contributed by atoms with Crippen LogP contribution in [0.5, 0.6) is 11.5 Å². The lowest BCUT2D eigenvalue weighted by Crippen LogP contribution is -2.52. The molecular formula is C20H28N2O4. The van der Waals surface area contributed by atoms with E-state index in [9.17, 15) is 9.59 Å². The molecule has 2 amide bonds. The van der Waals surface area contributed by atoms with Crippen LogP contribution in [-0.4, -0.2) is 43.0 Å². The Labute approximate surface area is 154 Å². The predicted octanol–water partition coefficient (Wildman–Crippen LogP) is 2.60. The molecule has 1 saturated carbocycles. The largest absolute Gasteiger partial charge is 0.493 e. The molecule has 6 heteroatoms. The van der Waals surface area contributed by atoms with E-state index in [4.69, 9.17) is 15.2 Å². The highest BCUT2D eigenvalue weighted by molar-refractivity contribution is 5.95. The summed E-state index contributed by atoms with van der Waals surface area (Å²) in [6.07, 6.45) is 5.84. The van der Waals surface area contributed by atoms with Gasteiger partial charge in [-0.1, -0.05) is 19.8 Å². The second-order valence-electron chi connectivity index (χ2n) is 7.40. The maximum absolute atomic E-state index is 13.2. The van der Waals surface area contributed by atoms with Gasteiger partial charge in [-0.25, -0.2) is 0 Å². The van der Waals surface area contributed by atoms with Crippen LogP contribution in [0.15, 0.2) is 18.2 Å². The smallest absolute Gasteiger partial charge is 0.255 e. The van der Waals surface area contributed by atoms with E-state index in [1.807, 2.05) is 0 Å². The van der Waals surface area contributed by atoms with Crippen molar-refractivity contribution < 1.29 is 19.1 Å². The van der Waals surface area contributed by atoms with Crippen LogP contribution in [-0.2, 0) is 4.79 Å². The average molecular weight is 360 g/mol. The lowest BCUT2D eigenvalue weighted by molar-refractivity contribution is -0.119. The van der Waals surface area contributed by atoms with Crippen molar-refractivity contribution in [3.63, 3.8) is 0 Å². The molecule has 2 N–H and O–H groups in total. The van der Waals surface area contributed by atoms with Gasteiger partial charge in [0, 0.05) is 18.2 Å². The minimum atomic E-state index is -0.557. The van der Waals surface area contributed by atoms with Crippen molar-refractivity contribution in [3.05, 3.63) is 23.8 Å². The fraction of sp³-hybridized carbons (Fsp3) is 0.600. The van der Waals surface area contributed by atoms with Gasteiger partial charge in [-0.15, -0.1) is 0 Å².